The number of hydrogen-bond acceptors (Lipinski definition) is 4. The van der Waals surface area contributed by atoms with Gasteiger partial charge in [0.05, 0.1) is 16.8 Å². The van der Waals surface area contributed by atoms with Crippen LogP contribution in [0.4, 0.5) is 10.1 Å². The Morgan fingerprint density at radius 2 is 2.06 bits per heavy atom. The fourth-order valence-electron chi connectivity index (χ4n) is 1.30. The van der Waals surface area contributed by atoms with E-state index in [1.807, 2.05) is 0 Å². The number of halogens is 1. The summed E-state index contributed by atoms with van der Waals surface area (Å²) < 4.78 is 14.4. The summed E-state index contributed by atoms with van der Waals surface area (Å²) in [5.74, 6) is -0.790. The molecular weight excluding hydrogens is 227 g/mol. The summed E-state index contributed by atoms with van der Waals surface area (Å²) in [4.78, 5) is 9.88. The molecule has 0 aliphatic rings. The number of nitrogens with zero attached hydrogens (tertiary/aromatic N) is 4. The number of non-ortho nitro benzene ring substituents is 1. The Bertz CT molecular complexity index is 612. The van der Waals surface area contributed by atoms with E-state index in [4.69, 9.17) is 5.26 Å². The van der Waals surface area contributed by atoms with Crippen LogP contribution in [-0.2, 0) is 0 Å². The molecule has 2 aromatic rings. The molecule has 1 aromatic heterocycles. The van der Waals surface area contributed by atoms with Crippen LogP contribution in [0.5, 0.6) is 0 Å². The van der Waals surface area contributed by atoms with Crippen molar-refractivity contribution in [2.75, 3.05) is 0 Å². The van der Waals surface area contributed by atoms with E-state index in [-0.39, 0.29) is 11.3 Å². The van der Waals surface area contributed by atoms with Crippen molar-refractivity contribution in [1.29, 1.82) is 5.26 Å². The summed E-state index contributed by atoms with van der Waals surface area (Å²) in [7, 11) is 0. The Morgan fingerprint density at radius 3 is 2.53 bits per heavy atom. The van der Waals surface area contributed by atoms with Gasteiger partial charge in [-0.15, -0.1) is 0 Å². The van der Waals surface area contributed by atoms with Crippen molar-refractivity contribution in [3.63, 3.8) is 0 Å². The maximum atomic E-state index is 13.5. The Hall–Kier alpha value is -2.75. The van der Waals surface area contributed by atoms with Crippen LogP contribution in [0.3, 0.4) is 0 Å². The lowest BCUT2D eigenvalue weighted by atomic mass is 10.3. The zero-order chi connectivity index (χ0) is 12.4. The average molecular weight is 232 g/mol. The summed E-state index contributed by atoms with van der Waals surface area (Å²) in [6, 6.07) is 6.84. The lowest BCUT2D eigenvalue weighted by molar-refractivity contribution is -0.384. The van der Waals surface area contributed by atoms with E-state index < -0.39 is 10.9 Å². The van der Waals surface area contributed by atoms with E-state index in [1.54, 1.807) is 6.07 Å². The van der Waals surface area contributed by atoms with Crippen molar-refractivity contribution in [1.82, 2.24) is 9.78 Å². The standard InChI is InChI=1S/C10H5FN4O2/c11-10-7(5-12)6-13-14(10)8-1-3-9(4-2-8)15(16)17/h1-4,6H. The lowest BCUT2D eigenvalue weighted by Gasteiger charge is -2.00. The molecule has 2 rings (SSSR count). The second-order valence-electron chi connectivity index (χ2n) is 3.15. The van der Waals surface area contributed by atoms with Crippen molar-refractivity contribution < 1.29 is 9.31 Å². The van der Waals surface area contributed by atoms with Crippen LogP contribution in [0.2, 0.25) is 0 Å². The summed E-state index contributed by atoms with van der Waals surface area (Å²) in [5, 5.41) is 22.7. The zero-order valence-electron chi connectivity index (χ0n) is 8.37. The molecule has 0 saturated heterocycles. The molecule has 0 aliphatic heterocycles. The molecule has 0 radical (unpaired) electrons. The van der Waals surface area contributed by atoms with Gasteiger partial charge in [0.1, 0.15) is 11.6 Å². The summed E-state index contributed by atoms with van der Waals surface area (Å²) in [5.41, 5.74) is 0.0415. The van der Waals surface area contributed by atoms with Crippen LogP contribution in [0.1, 0.15) is 5.56 Å². The van der Waals surface area contributed by atoms with Gasteiger partial charge in [0.2, 0.25) is 5.95 Å². The summed E-state index contributed by atoms with van der Waals surface area (Å²) in [6.45, 7) is 0. The van der Waals surface area contributed by atoms with Gasteiger partial charge in [-0.3, -0.25) is 10.1 Å². The number of benzene rings is 1. The van der Waals surface area contributed by atoms with Gasteiger partial charge < -0.3 is 0 Å². The first-order valence-electron chi connectivity index (χ1n) is 4.52. The maximum absolute atomic E-state index is 13.5. The minimum absolute atomic E-state index is 0.0955. The molecule has 0 unspecified atom stereocenters. The highest BCUT2D eigenvalue weighted by atomic mass is 19.1. The third kappa shape index (κ3) is 1.83. The molecule has 1 aromatic carbocycles. The van der Waals surface area contributed by atoms with Crippen molar-refractivity contribution in [2.45, 2.75) is 0 Å². The molecule has 0 N–H and O–H groups in total. The lowest BCUT2D eigenvalue weighted by Crippen LogP contribution is -2.00. The monoisotopic (exact) mass is 232 g/mol. The summed E-state index contributed by atoms with van der Waals surface area (Å²) >= 11 is 0. The van der Waals surface area contributed by atoms with Crippen molar-refractivity contribution in [3.8, 4) is 11.8 Å². The van der Waals surface area contributed by atoms with Crippen molar-refractivity contribution in [2.24, 2.45) is 0 Å². The SMILES string of the molecule is N#Cc1cnn(-c2ccc([N+](=O)[O-])cc2)c1F. The highest BCUT2D eigenvalue weighted by Gasteiger charge is 2.12. The molecular formula is C10H5FN4O2. The molecule has 17 heavy (non-hydrogen) atoms. The second-order valence-corrected chi connectivity index (χ2v) is 3.15. The third-order valence-electron chi connectivity index (χ3n) is 2.14. The van der Waals surface area contributed by atoms with Gasteiger partial charge in [-0.2, -0.15) is 14.8 Å². The Kier molecular flexibility index (Phi) is 2.54. The predicted octanol–water partition coefficient (Wildman–Crippen LogP) is 1.79. The van der Waals surface area contributed by atoms with Gasteiger partial charge in [-0.05, 0) is 12.1 Å². The van der Waals surface area contributed by atoms with Gasteiger partial charge >= 0.3 is 0 Å². The predicted molar refractivity (Wildman–Crippen MR) is 54.9 cm³/mol. The van der Waals surface area contributed by atoms with Crippen molar-refractivity contribution >= 4 is 5.69 Å². The molecule has 6 nitrogen and oxygen atoms in total. The molecule has 0 saturated carbocycles. The number of rotatable bonds is 2. The minimum atomic E-state index is -0.790. The number of hydrogen-bond donors (Lipinski definition) is 0. The fraction of sp³-hybridized carbons (Fsp3) is 0. The fourth-order valence-corrected chi connectivity index (χ4v) is 1.30. The second kappa shape index (κ2) is 4.02. The quantitative estimate of drug-likeness (QED) is 0.583. The van der Waals surface area contributed by atoms with E-state index in [1.165, 1.54) is 24.3 Å². The van der Waals surface area contributed by atoms with Crippen LogP contribution in [0.25, 0.3) is 5.69 Å². The molecule has 0 amide bonds. The average Bonchev–Trinajstić information content (AvgIpc) is 2.70. The zero-order valence-corrected chi connectivity index (χ0v) is 8.37. The number of nitro groups is 1. The maximum Gasteiger partial charge on any atom is 0.269 e. The molecule has 0 aliphatic carbocycles. The molecule has 0 atom stereocenters. The van der Waals surface area contributed by atoms with Gasteiger partial charge in [-0.25, -0.2) is 4.68 Å². The van der Waals surface area contributed by atoms with Crippen LogP contribution < -0.4 is 0 Å². The third-order valence-corrected chi connectivity index (χ3v) is 2.14. The Balaban J connectivity index is 2.44. The number of nitro benzene ring substituents is 1. The molecule has 0 fully saturated rings. The van der Waals surface area contributed by atoms with Crippen molar-refractivity contribution in [3.05, 3.63) is 52.1 Å². The number of aromatic nitrogens is 2. The van der Waals surface area contributed by atoms with Crippen LogP contribution in [0, 0.1) is 27.4 Å². The van der Waals surface area contributed by atoms with Crippen LogP contribution in [0.15, 0.2) is 30.5 Å². The molecule has 0 spiro atoms. The highest BCUT2D eigenvalue weighted by molar-refractivity contribution is 5.41. The van der Waals surface area contributed by atoms with Gasteiger partial charge in [0.15, 0.2) is 0 Å². The highest BCUT2D eigenvalue weighted by Crippen LogP contribution is 2.17. The molecule has 84 valence electrons. The van der Waals surface area contributed by atoms with E-state index >= 15 is 0 Å². The molecule has 1 heterocycles. The van der Waals surface area contributed by atoms with Gasteiger partial charge in [0, 0.05) is 12.1 Å². The van der Waals surface area contributed by atoms with E-state index in [0.717, 1.165) is 10.9 Å². The van der Waals surface area contributed by atoms with Gasteiger partial charge in [-0.1, -0.05) is 0 Å². The summed E-state index contributed by atoms with van der Waals surface area (Å²) in [6.07, 6.45) is 1.09. The minimum Gasteiger partial charge on any atom is -0.258 e. The topological polar surface area (TPSA) is 84.8 Å². The Morgan fingerprint density at radius 1 is 1.41 bits per heavy atom. The van der Waals surface area contributed by atoms with Crippen LogP contribution in [-0.4, -0.2) is 14.7 Å². The normalized spacial score (nSPS) is 9.88. The first kappa shape index (κ1) is 10.8. The first-order chi connectivity index (χ1) is 8.13. The molecule has 0 bridgehead atoms. The van der Waals surface area contributed by atoms with E-state index in [2.05, 4.69) is 5.10 Å². The number of nitriles is 1. The smallest absolute Gasteiger partial charge is 0.258 e. The van der Waals surface area contributed by atoms with E-state index in [9.17, 15) is 14.5 Å². The van der Waals surface area contributed by atoms with Crippen LogP contribution >= 0.6 is 0 Å². The Labute approximate surface area is 94.7 Å². The van der Waals surface area contributed by atoms with E-state index in [0.29, 0.717) is 5.69 Å². The molecule has 7 heteroatoms. The van der Waals surface area contributed by atoms with Gasteiger partial charge in [0.25, 0.3) is 5.69 Å². The first-order valence-corrected chi connectivity index (χ1v) is 4.52. The largest absolute Gasteiger partial charge is 0.269 e.